The molecule has 29 heavy (non-hydrogen) atoms. The lowest BCUT2D eigenvalue weighted by atomic mass is 9.95. The van der Waals surface area contributed by atoms with E-state index in [0.717, 1.165) is 28.0 Å². The molecular weight excluding hydrogens is 368 g/mol. The zero-order valence-electron chi connectivity index (χ0n) is 16.4. The predicted molar refractivity (Wildman–Crippen MR) is 112 cm³/mol. The lowest BCUT2D eigenvalue weighted by molar-refractivity contribution is -0.110. The molecule has 0 aliphatic carbocycles. The fourth-order valence-electron chi connectivity index (χ4n) is 3.43. The van der Waals surface area contributed by atoms with Gasteiger partial charge in [0.25, 0.3) is 5.91 Å². The zero-order valence-corrected chi connectivity index (χ0v) is 16.4. The summed E-state index contributed by atoms with van der Waals surface area (Å²) in [5.41, 5.74) is 3.84. The van der Waals surface area contributed by atoms with Gasteiger partial charge in [-0.25, -0.2) is 4.98 Å². The van der Waals surface area contributed by atoms with E-state index in [1.54, 1.807) is 27.5 Å². The Bertz CT molecular complexity index is 1120. The molecule has 1 amide bonds. The van der Waals surface area contributed by atoms with Crippen LogP contribution in [0.2, 0.25) is 0 Å². The summed E-state index contributed by atoms with van der Waals surface area (Å²) >= 11 is 0. The summed E-state index contributed by atoms with van der Waals surface area (Å²) in [7, 11) is 4.80. The van der Waals surface area contributed by atoms with Crippen LogP contribution in [-0.4, -0.2) is 32.2 Å². The minimum Gasteiger partial charge on any atom is -0.496 e. The van der Waals surface area contributed by atoms with Crippen LogP contribution in [0.1, 0.15) is 11.1 Å². The predicted octanol–water partition coefficient (Wildman–Crippen LogP) is 4.27. The average Bonchev–Trinajstić information content (AvgIpc) is 3.08. The first kappa shape index (κ1) is 18.6. The number of amides is 1. The molecule has 0 unspecified atom stereocenters. The van der Waals surface area contributed by atoms with Crippen LogP contribution in [0.3, 0.4) is 0 Å². The smallest absolute Gasteiger partial charge is 0.257 e. The van der Waals surface area contributed by atoms with Gasteiger partial charge in [-0.05, 0) is 47.5 Å². The maximum absolute atomic E-state index is 12.6. The number of nitrogens with zero attached hydrogens (tertiary/aromatic N) is 1. The molecule has 0 atom stereocenters. The minimum atomic E-state index is -0.195. The number of carbonyl (C=O) groups is 1. The number of hydrogen-bond acceptors (Lipinski definition) is 5. The molecule has 0 saturated carbocycles. The van der Waals surface area contributed by atoms with Crippen LogP contribution in [0, 0.1) is 0 Å². The molecule has 0 spiro atoms. The molecule has 1 aromatic heterocycles. The van der Waals surface area contributed by atoms with E-state index in [2.05, 4.69) is 10.3 Å². The van der Waals surface area contributed by atoms with Crippen LogP contribution >= 0.6 is 0 Å². The fraction of sp³-hybridized carbons (Fsp3) is 0.130. The molecule has 3 aromatic rings. The SMILES string of the molecule is COc1cc(C=C2C(=O)Nc3ncccc32)c(-c2ccccc2OC)cc1OC. The van der Waals surface area contributed by atoms with E-state index < -0.39 is 0 Å². The third-order valence-corrected chi connectivity index (χ3v) is 4.83. The Morgan fingerprint density at radius 1 is 0.828 bits per heavy atom. The summed E-state index contributed by atoms with van der Waals surface area (Å²) in [6, 6.07) is 15.1. The van der Waals surface area contributed by atoms with Crippen LogP contribution in [0.15, 0.2) is 54.7 Å². The van der Waals surface area contributed by atoms with Crippen LogP contribution in [0.25, 0.3) is 22.8 Å². The van der Waals surface area contributed by atoms with Crippen molar-refractivity contribution < 1.29 is 19.0 Å². The number of fused-ring (bicyclic) bond motifs is 1. The summed E-state index contributed by atoms with van der Waals surface area (Å²) in [5.74, 6) is 2.25. The number of anilines is 1. The molecule has 1 N–H and O–H groups in total. The van der Waals surface area contributed by atoms with E-state index in [4.69, 9.17) is 14.2 Å². The van der Waals surface area contributed by atoms with Gasteiger partial charge in [-0.1, -0.05) is 18.2 Å². The Morgan fingerprint density at radius 3 is 2.28 bits per heavy atom. The van der Waals surface area contributed by atoms with Gasteiger partial charge in [0.1, 0.15) is 11.6 Å². The van der Waals surface area contributed by atoms with Crippen LogP contribution in [0.4, 0.5) is 5.82 Å². The molecule has 0 saturated heterocycles. The topological polar surface area (TPSA) is 69.7 Å². The zero-order chi connectivity index (χ0) is 20.4. The molecule has 146 valence electrons. The van der Waals surface area contributed by atoms with Gasteiger partial charge in [0.2, 0.25) is 0 Å². The van der Waals surface area contributed by atoms with Crippen molar-refractivity contribution in [2.45, 2.75) is 0 Å². The number of methoxy groups -OCH3 is 3. The van der Waals surface area contributed by atoms with Crippen molar-refractivity contribution in [1.82, 2.24) is 4.98 Å². The number of benzene rings is 2. The maximum atomic E-state index is 12.6. The van der Waals surface area contributed by atoms with Crippen molar-refractivity contribution in [3.8, 4) is 28.4 Å². The molecule has 1 aliphatic heterocycles. The van der Waals surface area contributed by atoms with Gasteiger partial charge >= 0.3 is 0 Å². The van der Waals surface area contributed by atoms with Crippen LogP contribution < -0.4 is 19.5 Å². The number of aromatic nitrogens is 1. The summed E-state index contributed by atoms with van der Waals surface area (Å²) in [5, 5.41) is 2.80. The second-order valence-corrected chi connectivity index (χ2v) is 6.41. The number of nitrogens with one attached hydrogen (secondary N) is 1. The Hall–Kier alpha value is -3.80. The molecule has 0 fully saturated rings. The van der Waals surface area contributed by atoms with Gasteiger partial charge in [-0.2, -0.15) is 0 Å². The summed E-state index contributed by atoms with van der Waals surface area (Å²) in [6.07, 6.45) is 3.49. The van der Waals surface area contributed by atoms with E-state index in [9.17, 15) is 4.79 Å². The first-order valence-electron chi connectivity index (χ1n) is 9.04. The summed E-state index contributed by atoms with van der Waals surface area (Å²) < 4.78 is 16.5. The van der Waals surface area contributed by atoms with E-state index >= 15 is 0 Å². The molecule has 0 radical (unpaired) electrons. The highest BCUT2D eigenvalue weighted by Gasteiger charge is 2.25. The van der Waals surface area contributed by atoms with Crippen molar-refractivity contribution in [3.05, 3.63) is 65.9 Å². The Morgan fingerprint density at radius 2 is 1.52 bits per heavy atom. The second kappa shape index (κ2) is 7.67. The molecule has 4 rings (SSSR count). The Balaban J connectivity index is 1.97. The van der Waals surface area contributed by atoms with E-state index in [-0.39, 0.29) is 5.91 Å². The minimum absolute atomic E-state index is 0.195. The van der Waals surface area contributed by atoms with Gasteiger partial charge in [0, 0.05) is 17.3 Å². The number of carbonyl (C=O) groups excluding carboxylic acids is 1. The third kappa shape index (κ3) is 3.29. The van der Waals surface area contributed by atoms with E-state index in [0.29, 0.717) is 22.9 Å². The molecular formula is C23H20N2O4. The lowest BCUT2D eigenvalue weighted by Crippen LogP contribution is -2.04. The normalized spacial score (nSPS) is 13.8. The number of hydrogen-bond donors (Lipinski definition) is 1. The van der Waals surface area contributed by atoms with Gasteiger partial charge < -0.3 is 19.5 Å². The molecule has 0 bridgehead atoms. The van der Waals surface area contributed by atoms with Crippen LogP contribution in [0.5, 0.6) is 17.2 Å². The number of rotatable bonds is 5. The number of ether oxygens (including phenoxy) is 3. The van der Waals surface area contributed by atoms with Gasteiger partial charge in [-0.3, -0.25) is 4.79 Å². The van der Waals surface area contributed by atoms with E-state index in [1.165, 1.54) is 0 Å². The summed E-state index contributed by atoms with van der Waals surface area (Å²) in [4.78, 5) is 16.8. The average molecular weight is 388 g/mol. The second-order valence-electron chi connectivity index (χ2n) is 6.41. The highest BCUT2D eigenvalue weighted by Crippen LogP contribution is 2.41. The summed E-state index contributed by atoms with van der Waals surface area (Å²) in [6.45, 7) is 0. The van der Waals surface area contributed by atoms with Crippen molar-refractivity contribution >= 4 is 23.4 Å². The highest BCUT2D eigenvalue weighted by molar-refractivity contribution is 6.34. The van der Waals surface area contributed by atoms with Crippen LogP contribution in [-0.2, 0) is 4.79 Å². The fourth-order valence-corrected chi connectivity index (χ4v) is 3.43. The van der Waals surface area contributed by atoms with Gasteiger partial charge in [-0.15, -0.1) is 0 Å². The lowest BCUT2D eigenvalue weighted by Gasteiger charge is -2.16. The largest absolute Gasteiger partial charge is 0.496 e. The van der Waals surface area contributed by atoms with Gasteiger partial charge in [0.15, 0.2) is 11.5 Å². The number of para-hydroxylation sites is 1. The molecule has 2 aromatic carbocycles. The quantitative estimate of drug-likeness (QED) is 0.661. The van der Waals surface area contributed by atoms with Crippen molar-refractivity contribution in [1.29, 1.82) is 0 Å². The number of pyridine rings is 1. The first-order valence-corrected chi connectivity index (χ1v) is 9.04. The highest BCUT2D eigenvalue weighted by atomic mass is 16.5. The monoisotopic (exact) mass is 388 g/mol. The van der Waals surface area contributed by atoms with E-state index in [1.807, 2.05) is 54.6 Å². The van der Waals surface area contributed by atoms with Crippen molar-refractivity contribution in [2.75, 3.05) is 26.6 Å². The van der Waals surface area contributed by atoms with Crippen molar-refractivity contribution in [3.63, 3.8) is 0 Å². The van der Waals surface area contributed by atoms with Gasteiger partial charge in [0.05, 0.1) is 26.9 Å². The molecule has 6 nitrogen and oxygen atoms in total. The Labute approximate surface area is 168 Å². The molecule has 6 heteroatoms. The maximum Gasteiger partial charge on any atom is 0.257 e. The molecule has 2 heterocycles. The third-order valence-electron chi connectivity index (χ3n) is 4.83. The Kier molecular flexibility index (Phi) is 4.91. The first-order chi connectivity index (χ1) is 14.2. The molecule has 1 aliphatic rings. The standard InChI is InChI=1S/C23H20N2O4/c1-27-19-9-5-4-7-15(19)17-13-21(29-3)20(28-2)12-14(17)11-18-16-8-6-10-24-22(16)25-23(18)26/h4-13H,1-3H3,(H,24,25,26). The van der Waals surface area contributed by atoms with Crippen molar-refractivity contribution in [2.24, 2.45) is 0 Å².